The molecule has 2 heterocycles. The van der Waals surface area contributed by atoms with Crippen molar-refractivity contribution in [3.8, 4) is 11.8 Å². The molecule has 0 saturated carbocycles. The van der Waals surface area contributed by atoms with Crippen molar-refractivity contribution in [2.45, 2.75) is 75.1 Å². The molecule has 2 aliphatic rings. The molecule has 266 valence electrons. The van der Waals surface area contributed by atoms with Gasteiger partial charge in [0, 0.05) is 16.0 Å². The Labute approximate surface area is 311 Å². The molecule has 0 radical (unpaired) electrons. The molecule has 5 atom stereocenters. The third-order valence-corrected chi connectivity index (χ3v) is 10.2. The Bertz CT molecular complexity index is 1930. The molecule has 7 rings (SSSR count). The van der Waals surface area contributed by atoms with Crippen LogP contribution in [0.5, 0.6) is 0 Å². The molecule has 0 N–H and O–H groups in total. The molecule has 7 heteroatoms. The van der Waals surface area contributed by atoms with Gasteiger partial charge in [0.25, 0.3) is 0 Å². The van der Waals surface area contributed by atoms with Crippen LogP contribution in [0.3, 0.4) is 0 Å². The van der Waals surface area contributed by atoms with Gasteiger partial charge in [-0.1, -0.05) is 127 Å². The first-order valence-electron chi connectivity index (χ1n) is 17.7. The zero-order valence-electron chi connectivity index (χ0n) is 29.6. The molecule has 1 spiro atoms. The highest BCUT2D eigenvalue weighted by atomic mass is 32.2. The third-order valence-electron chi connectivity index (χ3n) is 9.43. The zero-order valence-corrected chi connectivity index (χ0v) is 30.4. The van der Waals surface area contributed by atoms with Crippen LogP contribution in [0.2, 0.25) is 0 Å². The summed E-state index contributed by atoms with van der Waals surface area (Å²) in [7, 11) is 0. The minimum absolute atomic E-state index is 0.246. The molecule has 0 bridgehead atoms. The molecular weight excluding hydrogens is 669 g/mol. The second-order valence-electron chi connectivity index (χ2n) is 12.9. The maximum absolute atomic E-state index is 7.26. The summed E-state index contributed by atoms with van der Waals surface area (Å²) >= 11 is 1.67. The molecule has 1 fully saturated rings. The summed E-state index contributed by atoms with van der Waals surface area (Å²) in [5, 5.41) is 0. The average Bonchev–Trinajstić information content (AvgIpc) is 3.54. The predicted octanol–water partition coefficient (Wildman–Crippen LogP) is 8.83. The standard InChI is InChI=1S/C45H44O6S/c1-3-16-37-25-39-38(26-41(37)52-2)31-50-45(39)44(49-30-36-23-14-7-15-24-36)43(48-29-35-21-12-6-13-22-35)42(47-28-34-19-10-5-11-20-34)40(51-45)32-46-27-33-17-8-4-9-18-33/h4-15,17-26,40,42-44H,27-32H2,1-2H3/t40-,42+,43+,44-,45+/m1/s1. The van der Waals surface area contributed by atoms with Gasteiger partial charge in [-0.15, -0.1) is 17.7 Å². The molecule has 2 aliphatic heterocycles. The van der Waals surface area contributed by atoms with Crippen LogP contribution in [-0.4, -0.2) is 37.3 Å². The van der Waals surface area contributed by atoms with Crippen LogP contribution in [-0.2, 0) is 67.2 Å². The van der Waals surface area contributed by atoms with E-state index in [2.05, 4.69) is 78.8 Å². The van der Waals surface area contributed by atoms with Gasteiger partial charge in [0.15, 0.2) is 0 Å². The Balaban J connectivity index is 1.32. The minimum Gasteiger partial charge on any atom is -0.374 e. The van der Waals surface area contributed by atoms with Crippen molar-refractivity contribution < 1.29 is 28.4 Å². The normalized spacial score (nSPS) is 22.1. The van der Waals surface area contributed by atoms with Gasteiger partial charge >= 0.3 is 0 Å². The van der Waals surface area contributed by atoms with Gasteiger partial charge in [-0.3, -0.25) is 0 Å². The van der Waals surface area contributed by atoms with Crippen molar-refractivity contribution in [2.75, 3.05) is 12.9 Å². The summed E-state index contributed by atoms with van der Waals surface area (Å²) in [6.07, 6.45) is -0.403. The van der Waals surface area contributed by atoms with E-state index in [1.165, 1.54) is 0 Å². The van der Waals surface area contributed by atoms with Crippen molar-refractivity contribution in [1.29, 1.82) is 0 Å². The quantitative estimate of drug-likeness (QED) is 0.0843. The lowest BCUT2D eigenvalue weighted by Gasteiger charge is -2.51. The lowest BCUT2D eigenvalue weighted by Crippen LogP contribution is -2.65. The number of hydrogen-bond acceptors (Lipinski definition) is 7. The van der Waals surface area contributed by atoms with Gasteiger partial charge in [-0.2, -0.15) is 0 Å². The topological polar surface area (TPSA) is 55.4 Å². The van der Waals surface area contributed by atoms with Crippen molar-refractivity contribution in [2.24, 2.45) is 0 Å². The van der Waals surface area contributed by atoms with E-state index in [0.29, 0.717) is 33.0 Å². The van der Waals surface area contributed by atoms with Gasteiger partial charge in [-0.05, 0) is 53.1 Å². The first kappa shape index (κ1) is 36.1. The van der Waals surface area contributed by atoms with E-state index >= 15 is 0 Å². The van der Waals surface area contributed by atoms with E-state index in [4.69, 9.17) is 28.4 Å². The van der Waals surface area contributed by atoms with Crippen molar-refractivity contribution in [1.82, 2.24) is 0 Å². The maximum Gasteiger partial charge on any atom is 0.226 e. The first-order chi connectivity index (χ1) is 25.7. The fourth-order valence-electron chi connectivity index (χ4n) is 6.90. The van der Waals surface area contributed by atoms with Gasteiger partial charge in [0.1, 0.15) is 24.4 Å². The molecule has 0 unspecified atom stereocenters. The van der Waals surface area contributed by atoms with E-state index in [-0.39, 0.29) is 6.61 Å². The van der Waals surface area contributed by atoms with E-state index in [1.54, 1.807) is 11.8 Å². The summed E-state index contributed by atoms with van der Waals surface area (Å²) in [4.78, 5) is 1.09. The van der Waals surface area contributed by atoms with Crippen LogP contribution in [0.4, 0.5) is 0 Å². The average molecular weight is 713 g/mol. The fourth-order valence-corrected chi connectivity index (χ4v) is 7.49. The fraction of sp³-hybridized carbons (Fsp3) is 0.289. The predicted molar refractivity (Wildman–Crippen MR) is 203 cm³/mol. The van der Waals surface area contributed by atoms with E-state index in [9.17, 15) is 0 Å². The SMILES string of the molecule is CC#Cc1cc2c(cc1SC)CO[C@]21O[C@H](COCc2ccccc2)[C@H](OCc2ccccc2)[C@H](OCc2ccccc2)[C@H]1OCc1ccccc1. The van der Waals surface area contributed by atoms with Crippen LogP contribution < -0.4 is 0 Å². The Morgan fingerprint density at radius 2 is 1.19 bits per heavy atom. The number of benzene rings is 5. The van der Waals surface area contributed by atoms with Gasteiger partial charge in [0.2, 0.25) is 5.79 Å². The maximum atomic E-state index is 7.26. The molecule has 1 saturated heterocycles. The number of rotatable bonds is 14. The lowest BCUT2D eigenvalue weighted by molar-refractivity contribution is -0.387. The van der Waals surface area contributed by atoms with Crippen LogP contribution in [0, 0.1) is 11.8 Å². The highest BCUT2D eigenvalue weighted by molar-refractivity contribution is 7.98. The number of thioether (sulfide) groups is 1. The molecular formula is C45H44O6S. The molecule has 5 aromatic carbocycles. The Morgan fingerprint density at radius 3 is 1.73 bits per heavy atom. The molecule has 6 nitrogen and oxygen atoms in total. The lowest BCUT2D eigenvalue weighted by atomic mass is 9.86. The highest BCUT2D eigenvalue weighted by Crippen LogP contribution is 2.50. The van der Waals surface area contributed by atoms with Crippen LogP contribution >= 0.6 is 11.8 Å². The Morgan fingerprint density at radius 1 is 0.673 bits per heavy atom. The summed E-state index contributed by atoms with van der Waals surface area (Å²) < 4.78 is 41.4. The summed E-state index contributed by atoms with van der Waals surface area (Å²) in [6.45, 7) is 3.91. The molecule has 0 amide bonds. The minimum atomic E-state index is -1.32. The molecule has 0 aliphatic carbocycles. The zero-order chi connectivity index (χ0) is 35.6. The Kier molecular flexibility index (Phi) is 12.2. The van der Waals surface area contributed by atoms with Crippen molar-refractivity contribution in [3.63, 3.8) is 0 Å². The van der Waals surface area contributed by atoms with E-state index in [0.717, 1.165) is 43.8 Å². The molecule has 52 heavy (non-hydrogen) atoms. The number of fused-ring (bicyclic) bond motifs is 2. The first-order valence-corrected chi connectivity index (χ1v) is 18.9. The monoisotopic (exact) mass is 712 g/mol. The number of hydrogen-bond donors (Lipinski definition) is 0. The molecule has 0 aromatic heterocycles. The molecule has 5 aromatic rings. The summed E-state index contributed by atoms with van der Waals surface area (Å²) in [6, 6.07) is 44.9. The van der Waals surface area contributed by atoms with Crippen LogP contribution in [0.1, 0.15) is 45.9 Å². The second-order valence-corrected chi connectivity index (χ2v) is 13.8. The number of ether oxygens (including phenoxy) is 6. The van der Waals surface area contributed by atoms with E-state index in [1.807, 2.05) is 79.7 Å². The van der Waals surface area contributed by atoms with Gasteiger partial charge in [0.05, 0.1) is 39.6 Å². The van der Waals surface area contributed by atoms with E-state index < -0.39 is 30.2 Å². The second kappa shape index (κ2) is 17.5. The largest absolute Gasteiger partial charge is 0.374 e. The summed E-state index contributed by atoms with van der Waals surface area (Å²) in [5.74, 6) is 5.09. The van der Waals surface area contributed by atoms with Crippen molar-refractivity contribution >= 4 is 11.8 Å². The summed E-state index contributed by atoms with van der Waals surface area (Å²) in [5.41, 5.74) is 7.04. The Hall–Kier alpha value is -4.23. The van der Waals surface area contributed by atoms with Crippen LogP contribution in [0.15, 0.2) is 138 Å². The van der Waals surface area contributed by atoms with Gasteiger partial charge in [-0.25, -0.2) is 0 Å². The smallest absolute Gasteiger partial charge is 0.226 e. The van der Waals surface area contributed by atoms with Crippen molar-refractivity contribution in [3.05, 3.63) is 172 Å². The van der Waals surface area contributed by atoms with Crippen LogP contribution in [0.25, 0.3) is 0 Å². The highest BCUT2D eigenvalue weighted by Gasteiger charge is 2.61. The third kappa shape index (κ3) is 8.36. The van der Waals surface area contributed by atoms with Gasteiger partial charge < -0.3 is 28.4 Å².